The molecule has 1 aromatic heterocycles. The second kappa shape index (κ2) is 13.2. The van der Waals surface area contributed by atoms with Crippen LogP contribution in [0.2, 0.25) is 5.02 Å². The number of carbonyl (C=O) groups is 2. The Balaban J connectivity index is 1.23. The summed E-state index contributed by atoms with van der Waals surface area (Å²) in [6.07, 6.45) is 7.98. The largest absolute Gasteiger partial charge is 0.343 e. The van der Waals surface area contributed by atoms with Crippen molar-refractivity contribution < 1.29 is 9.59 Å². The highest BCUT2D eigenvalue weighted by Gasteiger charge is 2.36. The number of piperidine rings is 2. The molecule has 11 heteroatoms. The molecule has 5 rings (SSSR count). The van der Waals surface area contributed by atoms with E-state index < -0.39 is 0 Å². The zero-order valence-electron chi connectivity index (χ0n) is 21.8. The Morgan fingerprint density at radius 3 is 2.38 bits per heavy atom. The number of rotatable bonds is 6. The number of benzene rings is 1. The van der Waals surface area contributed by atoms with E-state index in [-0.39, 0.29) is 24.3 Å². The van der Waals surface area contributed by atoms with Gasteiger partial charge in [-0.05, 0) is 101 Å². The SMILES string of the molecule is NSNCC(=O)N1CCC(CC(=O)N2CCC([C@H]3c4ncc(Br)cc4CCc4cc(Cl)cc(Br)c43)CC2)CC1. The normalized spacial score (nSPS) is 20.4. The molecule has 1 aromatic carbocycles. The lowest BCUT2D eigenvalue weighted by atomic mass is 9.76. The van der Waals surface area contributed by atoms with Crippen molar-refractivity contribution in [2.45, 2.75) is 50.9 Å². The highest BCUT2D eigenvalue weighted by Crippen LogP contribution is 2.46. The topological polar surface area (TPSA) is 91.6 Å². The molecule has 1 atom stereocenters. The van der Waals surface area contributed by atoms with Crippen LogP contribution in [-0.2, 0) is 22.4 Å². The van der Waals surface area contributed by atoms with Crippen molar-refractivity contribution in [2.24, 2.45) is 17.0 Å². The minimum atomic E-state index is 0.0669. The number of carbonyl (C=O) groups excluding carboxylic acids is 2. The van der Waals surface area contributed by atoms with Crippen LogP contribution in [-0.4, -0.2) is 59.3 Å². The van der Waals surface area contributed by atoms with E-state index in [4.69, 9.17) is 21.7 Å². The Morgan fingerprint density at radius 1 is 1.00 bits per heavy atom. The maximum atomic E-state index is 13.3. The maximum Gasteiger partial charge on any atom is 0.237 e. The third-order valence-electron chi connectivity index (χ3n) is 8.52. The molecule has 0 radical (unpaired) electrons. The molecular weight excluding hydrogens is 666 g/mol. The van der Waals surface area contributed by atoms with Crippen molar-refractivity contribution in [2.75, 3.05) is 32.7 Å². The van der Waals surface area contributed by atoms with Crippen LogP contribution in [0.25, 0.3) is 0 Å². The molecule has 3 N–H and O–H groups in total. The van der Waals surface area contributed by atoms with Gasteiger partial charge >= 0.3 is 0 Å². The van der Waals surface area contributed by atoms with E-state index >= 15 is 0 Å². The van der Waals surface area contributed by atoms with E-state index in [1.54, 1.807) is 0 Å². The van der Waals surface area contributed by atoms with Crippen LogP contribution in [0.15, 0.2) is 33.3 Å². The number of aromatic nitrogens is 1. The van der Waals surface area contributed by atoms with Gasteiger partial charge in [0.1, 0.15) is 0 Å². The second-order valence-corrected chi connectivity index (χ2v) is 13.6. The third kappa shape index (κ3) is 6.84. The Labute approximate surface area is 256 Å². The summed E-state index contributed by atoms with van der Waals surface area (Å²) < 4.78 is 4.86. The number of fused-ring (bicyclic) bond motifs is 2. The average molecular weight is 700 g/mol. The van der Waals surface area contributed by atoms with Crippen molar-refractivity contribution in [3.05, 3.63) is 60.7 Å². The van der Waals surface area contributed by atoms with Gasteiger partial charge in [-0.2, -0.15) is 0 Å². The van der Waals surface area contributed by atoms with E-state index in [1.165, 1.54) is 16.7 Å². The van der Waals surface area contributed by atoms with Gasteiger partial charge in [-0.25, -0.2) is 4.72 Å². The van der Waals surface area contributed by atoms with Crippen LogP contribution in [0.1, 0.15) is 60.4 Å². The molecule has 0 unspecified atom stereocenters. The number of aryl methyl sites for hydroxylation is 2. The number of nitrogens with zero attached hydrogens (tertiary/aromatic N) is 3. The fourth-order valence-corrected chi connectivity index (χ4v) is 8.20. The van der Waals surface area contributed by atoms with Gasteiger partial charge in [0.15, 0.2) is 0 Å². The number of hydrogen-bond donors (Lipinski definition) is 2. The number of amides is 2. The molecule has 0 bridgehead atoms. The first-order valence-electron chi connectivity index (χ1n) is 13.6. The molecule has 0 spiro atoms. The molecule has 3 aliphatic rings. The first kappa shape index (κ1) is 29.3. The lowest BCUT2D eigenvalue weighted by Crippen LogP contribution is -2.44. The fraction of sp³-hybridized carbons (Fsp3) is 0.536. The zero-order valence-corrected chi connectivity index (χ0v) is 26.5. The van der Waals surface area contributed by atoms with Crippen LogP contribution >= 0.6 is 55.6 Å². The molecule has 2 amide bonds. The lowest BCUT2D eigenvalue weighted by molar-refractivity contribution is -0.134. The molecule has 0 saturated carbocycles. The van der Waals surface area contributed by atoms with E-state index in [0.717, 1.165) is 83.4 Å². The third-order valence-corrected chi connectivity index (χ3v) is 10.1. The van der Waals surface area contributed by atoms with E-state index in [2.05, 4.69) is 53.6 Å². The Bertz CT molecular complexity index is 1220. The molecule has 3 heterocycles. The zero-order chi connectivity index (χ0) is 27.5. The predicted molar refractivity (Wildman–Crippen MR) is 163 cm³/mol. The summed E-state index contributed by atoms with van der Waals surface area (Å²) in [5.41, 5.74) is 5.04. The standard InChI is InChI=1S/C28H34Br2ClN5O2S/c29-21-12-20-2-1-19-13-22(31)14-23(30)26(19)27(28(20)33-15-21)18-5-9-35(10-6-18)24(37)11-17-3-7-36(8-4-17)25(38)16-34-39-32/h12-15,17-18,27,34H,1-11,16,32H2/t27-/m1/s1. The number of likely N-dealkylation sites (tertiary alicyclic amines) is 2. The first-order chi connectivity index (χ1) is 18.8. The first-order valence-corrected chi connectivity index (χ1v) is 16.4. The van der Waals surface area contributed by atoms with Crippen LogP contribution in [0, 0.1) is 11.8 Å². The van der Waals surface area contributed by atoms with Gasteiger partial charge in [0.25, 0.3) is 0 Å². The summed E-state index contributed by atoms with van der Waals surface area (Å²) in [4.78, 5) is 34.4. The lowest BCUT2D eigenvalue weighted by Gasteiger charge is -2.38. The highest BCUT2D eigenvalue weighted by molar-refractivity contribution is 9.10. The maximum absolute atomic E-state index is 13.3. The van der Waals surface area contributed by atoms with E-state index in [1.807, 2.05) is 17.2 Å². The van der Waals surface area contributed by atoms with Crippen LogP contribution < -0.4 is 9.86 Å². The highest BCUT2D eigenvalue weighted by atomic mass is 79.9. The van der Waals surface area contributed by atoms with Gasteiger partial charge in [0.2, 0.25) is 11.8 Å². The minimum Gasteiger partial charge on any atom is -0.343 e. The number of hydrogen-bond acceptors (Lipinski definition) is 6. The summed E-state index contributed by atoms with van der Waals surface area (Å²) in [5.74, 6) is 1.21. The fourth-order valence-electron chi connectivity index (χ4n) is 6.49. The second-order valence-electron chi connectivity index (χ2n) is 10.8. The summed E-state index contributed by atoms with van der Waals surface area (Å²) in [5, 5.41) is 6.10. The molecule has 210 valence electrons. The van der Waals surface area contributed by atoms with Crippen LogP contribution in [0.4, 0.5) is 0 Å². The van der Waals surface area contributed by atoms with Crippen molar-refractivity contribution in [3.8, 4) is 0 Å². The molecule has 2 saturated heterocycles. The monoisotopic (exact) mass is 697 g/mol. The van der Waals surface area contributed by atoms with Gasteiger partial charge in [-0.1, -0.05) is 27.5 Å². The molecule has 1 aliphatic carbocycles. The number of halogens is 3. The Hall–Kier alpha value is -1.17. The average Bonchev–Trinajstić information content (AvgIpc) is 3.09. The number of nitrogens with one attached hydrogen (secondary N) is 1. The van der Waals surface area contributed by atoms with Gasteiger partial charge < -0.3 is 9.80 Å². The van der Waals surface area contributed by atoms with Gasteiger partial charge in [-0.15, -0.1) is 0 Å². The predicted octanol–water partition coefficient (Wildman–Crippen LogP) is 5.47. The number of pyridine rings is 1. The molecule has 2 aliphatic heterocycles. The molecule has 7 nitrogen and oxygen atoms in total. The quantitative estimate of drug-likeness (QED) is 0.389. The van der Waals surface area contributed by atoms with Crippen molar-refractivity contribution in [3.63, 3.8) is 0 Å². The summed E-state index contributed by atoms with van der Waals surface area (Å²) >= 11 is 14.9. The molecule has 2 fully saturated rings. The van der Waals surface area contributed by atoms with Crippen molar-refractivity contribution in [1.29, 1.82) is 0 Å². The molecule has 2 aromatic rings. The molecule has 39 heavy (non-hydrogen) atoms. The van der Waals surface area contributed by atoms with Crippen LogP contribution in [0.5, 0.6) is 0 Å². The summed E-state index contributed by atoms with van der Waals surface area (Å²) in [7, 11) is 0. The van der Waals surface area contributed by atoms with Gasteiger partial charge in [0.05, 0.1) is 12.2 Å². The smallest absolute Gasteiger partial charge is 0.237 e. The summed E-state index contributed by atoms with van der Waals surface area (Å²) in [6.45, 7) is 3.20. The minimum absolute atomic E-state index is 0.0669. The number of nitrogens with two attached hydrogens (primary N) is 1. The van der Waals surface area contributed by atoms with Gasteiger partial charge in [0, 0.05) is 70.8 Å². The molecular formula is C28H34Br2ClN5O2S. The van der Waals surface area contributed by atoms with Crippen LogP contribution in [0.3, 0.4) is 0 Å². The van der Waals surface area contributed by atoms with E-state index in [0.29, 0.717) is 31.3 Å². The van der Waals surface area contributed by atoms with Crippen molar-refractivity contribution >= 4 is 67.4 Å². The van der Waals surface area contributed by atoms with Gasteiger partial charge in [-0.3, -0.25) is 19.7 Å². The van der Waals surface area contributed by atoms with E-state index in [9.17, 15) is 9.59 Å². The Morgan fingerprint density at radius 2 is 1.67 bits per heavy atom. The Kier molecular flexibility index (Phi) is 9.93. The summed E-state index contributed by atoms with van der Waals surface area (Å²) in [6, 6.07) is 6.32. The van der Waals surface area contributed by atoms with Crippen molar-refractivity contribution in [1.82, 2.24) is 19.5 Å².